The molecular formula is C11H10ClN3O. The number of ether oxygens (including phenoxy) is 1. The molecule has 0 fully saturated rings. The molecule has 0 saturated carbocycles. The minimum atomic E-state index is 0.287. The fourth-order valence-electron chi connectivity index (χ4n) is 1.35. The van der Waals surface area contributed by atoms with Crippen LogP contribution in [0.4, 0.5) is 5.82 Å². The molecule has 4 nitrogen and oxygen atoms in total. The van der Waals surface area contributed by atoms with Gasteiger partial charge in [0.1, 0.15) is 16.6 Å². The highest BCUT2D eigenvalue weighted by Crippen LogP contribution is 2.24. The minimum Gasteiger partial charge on any atom is -0.497 e. The third kappa shape index (κ3) is 2.06. The molecule has 0 saturated heterocycles. The van der Waals surface area contributed by atoms with Crippen molar-refractivity contribution < 1.29 is 4.74 Å². The number of rotatable bonds is 2. The Bertz CT molecular complexity index is 499. The summed E-state index contributed by atoms with van der Waals surface area (Å²) in [6, 6.07) is 7.41. The van der Waals surface area contributed by atoms with Crippen molar-refractivity contribution in [1.29, 1.82) is 0 Å². The lowest BCUT2D eigenvalue weighted by molar-refractivity contribution is 0.415. The molecule has 1 heterocycles. The van der Waals surface area contributed by atoms with Gasteiger partial charge in [0, 0.05) is 5.56 Å². The summed E-state index contributed by atoms with van der Waals surface area (Å²) in [4.78, 5) is 8.09. The van der Waals surface area contributed by atoms with E-state index in [1.54, 1.807) is 7.11 Å². The Labute approximate surface area is 98.0 Å². The maximum absolute atomic E-state index is 5.73. The van der Waals surface area contributed by atoms with Crippen LogP contribution in [-0.2, 0) is 0 Å². The predicted octanol–water partition coefficient (Wildman–Crippen LogP) is 2.39. The largest absolute Gasteiger partial charge is 0.497 e. The molecule has 0 spiro atoms. The van der Waals surface area contributed by atoms with Crippen molar-refractivity contribution in [3.63, 3.8) is 0 Å². The number of aromatic nitrogens is 2. The van der Waals surface area contributed by atoms with Gasteiger partial charge in [-0.05, 0) is 24.3 Å². The molecule has 2 rings (SSSR count). The number of nitrogens with two attached hydrogens (primary N) is 1. The summed E-state index contributed by atoms with van der Waals surface area (Å²) in [5, 5.41) is 0.287. The van der Waals surface area contributed by atoms with Crippen molar-refractivity contribution >= 4 is 17.4 Å². The zero-order chi connectivity index (χ0) is 11.5. The first kappa shape index (κ1) is 10.7. The highest BCUT2D eigenvalue weighted by molar-refractivity contribution is 6.29. The van der Waals surface area contributed by atoms with E-state index in [9.17, 15) is 0 Å². The zero-order valence-corrected chi connectivity index (χ0v) is 9.40. The Kier molecular flexibility index (Phi) is 2.92. The number of anilines is 1. The lowest BCUT2D eigenvalue weighted by Crippen LogP contribution is -1.97. The Morgan fingerprint density at radius 3 is 2.50 bits per heavy atom. The summed E-state index contributed by atoms with van der Waals surface area (Å²) in [6.07, 6.45) is 1.47. The van der Waals surface area contributed by atoms with Crippen LogP contribution in [0.15, 0.2) is 30.5 Å². The summed E-state index contributed by atoms with van der Waals surface area (Å²) >= 11 is 5.68. The van der Waals surface area contributed by atoms with Gasteiger partial charge < -0.3 is 10.5 Å². The van der Waals surface area contributed by atoms with E-state index in [2.05, 4.69) is 9.97 Å². The lowest BCUT2D eigenvalue weighted by Gasteiger charge is -2.05. The van der Waals surface area contributed by atoms with Crippen molar-refractivity contribution in [2.75, 3.05) is 12.8 Å². The van der Waals surface area contributed by atoms with Gasteiger partial charge in [-0.15, -0.1) is 0 Å². The third-order valence-corrected chi connectivity index (χ3v) is 2.32. The molecule has 5 heteroatoms. The van der Waals surface area contributed by atoms with E-state index in [1.807, 2.05) is 24.3 Å². The van der Waals surface area contributed by atoms with Crippen molar-refractivity contribution in [3.8, 4) is 17.0 Å². The average Bonchev–Trinajstić information content (AvgIpc) is 2.29. The van der Waals surface area contributed by atoms with Crippen molar-refractivity contribution in [2.24, 2.45) is 0 Å². The fourth-order valence-corrected chi connectivity index (χ4v) is 1.49. The third-order valence-electron chi connectivity index (χ3n) is 2.13. The SMILES string of the molecule is COc1ccc(-c2ncc(Cl)nc2N)cc1. The van der Waals surface area contributed by atoms with E-state index >= 15 is 0 Å². The minimum absolute atomic E-state index is 0.287. The number of benzene rings is 1. The fraction of sp³-hybridized carbons (Fsp3) is 0.0909. The predicted molar refractivity (Wildman–Crippen MR) is 63.4 cm³/mol. The van der Waals surface area contributed by atoms with Crippen LogP contribution >= 0.6 is 11.6 Å². The maximum atomic E-state index is 5.73. The monoisotopic (exact) mass is 235 g/mol. The molecule has 1 aromatic carbocycles. The van der Waals surface area contributed by atoms with E-state index in [0.29, 0.717) is 11.5 Å². The zero-order valence-electron chi connectivity index (χ0n) is 8.64. The first-order valence-corrected chi connectivity index (χ1v) is 5.01. The van der Waals surface area contributed by atoms with Crippen LogP contribution in [0.25, 0.3) is 11.3 Å². The van der Waals surface area contributed by atoms with Gasteiger partial charge >= 0.3 is 0 Å². The molecule has 0 atom stereocenters. The van der Waals surface area contributed by atoms with Gasteiger partial charge in [0.2, 0.25) is 0 Å². The first-order chi connectivity index (χ1) is 7.70. The number of hydrogen-bond acceptors (Lipinski definition) is 4. The smallest absolute Gasteiger partial charge is 0.151 e. The van der Waals surface area contributed by atoms with Crippen molar-refractivity contribution in [3.05, 3.63) is 35.6 Å². The molecule has 16 heavy (non-hydrogen) atoms. The normalized spacial score (nSPS) is 10.1. The second-order valence-corrected chi connectivity index (χ2v) is 3.54. The second kappa shape index (κ2) is 4.37. The molecule has 0 aliphatic rings. The molecule has 0 amide bonds. The lowest BCUT2D eigenvalue weighted by atomic mass is 10.1. The topological polar surface area (TPSA) is 61.0 Å². The van der Waals surface area contributed by atoms with E-state index in [0.717, 1.165) is 11.3 Å². The molecular weight excluding hydrogens is 226 g/mol. The number of halogens is 1. The van der Waals surface area contributed by atoms with E-state index < -0.39 is 0 Å². The van der Waals surface area contributed by atoms with Gasteiger partial charge in [0.25, 0.3) is 0 Å². The maximum Gasteiger partial charge on any atom is 0.151 e. The van der Waals surface area contributed by atoms with Gasteiger partial charge in [-0.1, -0.05) is 11.6 Å². The highest BCUT2D eigenvalue weighted by atomic mass is 35.5. The second-order valence-electron chi connectivity index (χ2n) is 3.16. The molecule has 82 valence electrons. The van der Waals surface area contributed by atoms with Crippen LogP contribution in [-0.4, -0.2) is 17.1 Å². The van der Waals surface area contributed by atoms with Crippen molar-refractivity contribution in [1.82, 2.24) is 9.97 Å². The van der Waals surface area contributed by atoms with Gasteiger partial charge in [-0.25, -0.2) is 9.97 Å². The first-order valence-electron chi connectivity index (χ1n) is 4.63. The summed E-state index contributed by atoms with van der Waals surface area (Å²) in [5.41, 5.74) is 7.23. The molecule has 0 aliphatic heterocycles. The highest BCUT2D eigenvalue weighted by Gasteiger charge is 2.06. The molecule has 0 aliphatic carbocycles. The summed E-state index contributed by atoms with van der Waals surface area (Å²) < 4.78 is 5.07. The van der Waals surface area contributed by atoms with Gasteiger partial charge in [-0.3, -0.25) is 0 Å². The van der Waals surface area contributed by atoms with Crippen LogP contribution in [0.3, 0.4) is 0 Å². The van der Waals surface area contributed by atoms with Crippen LogP contribution in [0, 0.1) is 0 Å². The van der Waals surface area contributed by atoms with Gasteiger partial charge in [-0.2, -0.15) is 0 Å². The average molecular weight is 236 g/mol. The van der Waals surface area contributed by atoms with Crippen LogP contribution < -0.4 is 10.5 Å². The Hall–Kier alpha value is -1.81. The van der Waals surface area contributed by atoms with E-state index in [1.165, 1.54) is 6.20 Å². The summed E-state index contributed by atoms with van der Waals surface area (Å²) in [6.45, 7) is 0. The molecule has 2 N–H and O–H groups in total. The molecule has 1 aromatic heterocycles. The number of nitrogen functional groups attached to an aromatic ring is 1. The molecule has 2 aromatic rings. The van der Waals surface area contributed by atoms with Crippen LogP contribution in [0.2, 0.25) is 5.15 Å². The Morgan fingerprint density at radius 1 is 1.25 bits per heavy atom. The standard InChI is InChI=1S/C11H10ClN3O/c1-16-8-4-2-7(3-5-8)10-11(13)15-9(12)6-14-10/h2-6H,1H3,(H2,13,15). The molecule has 0 radical (unpaired) electrons. The van der Waals surface area contributed by atoms with E-state index in [-0.39, 0.29) is 5.15 Å². The Balaban J connectivity index is 2.42. The van der Waals surface area contributed by atoms with Gasteiger partial charge in [0.05, 0.1) is 13.3 Å². The Morgan fingerprint density at radius 2 is 1.94 bits per heavy atom. The van der Waals surface area contributed by atoms with Gasteiger partial charge in [0.15, 0.2) is 5.82 Å². The number of hydrogen-bond donors (Lipinski definition) is 1. The van der Waals surface area contributed by atoms with Crippen molar-refractivity contribution in [2.45, 2.75) is 0 Å². The quantitative estimate of drug-likeness (QED) is 0.868. The number of nitrogens with zero attached hydrogens (tertiary/aromatic N) is 2. The van der Waals surface area contributed by atoms with Crippen LogP contribution in [0.1, 0.15) is 0 Å². The summed E-state index contributed by atoms with van der Waals surface area (Å²) in [7, 11) is 1.62. The summed E-state index contributed by atoms with van der Waals surface area (Å²) in [5.74, 6) is 1.10. The van der Waals surface area contributed by atoms with Crippen LogP contribution in [0.5, 0.6) is 5.75 Å². The molecule has 0 bridgehead atoms. The van der Waals surface area contributed by atoms with E-state index in [4.69, 9.17) is 22.1 Å². The molecule has 0 unspecified atom stereocenters. The number of methoxy groups -OCH3 is 1.